The van der Waals surface area contributed by atoms with E-state index in [0.29, 0.717) is 5.82 Å². The van der Waals surface area contributed by atoms with Gasteiger partial charge in [0.1, 0.15) is 5.82 Å². The van der Waals surface area contributed by atoms with Crippen LogP contribution in [0.25, 0.3) is 11.0 Å². The predicted molar refractivity (Wildman–Crippen MR) is 73.3 cm³/mol. The summed E-state index contributed by atoms with van der Waals surface area (Å²) in [5.74, 6) is 0.561. The lowest BCUT2D eigenvalue weighted by Gasteiger charge is -2.01. The van der Waals surface area contributed by atoms with Crippen LogP contribution < -0.4 is 4.72 Å². The Kier molecular flexibility index (Phi) is 3.03. The first-order chi connectivity index (χ1) is 9.54. The average molecular weight is 291 g/mol. The summed E-state index contributed by atoms with van der Waals surface area (Å²) in [6, 6.07) is 7.52. The van der Waals surface area contributed by atoms with Gasteiger partial charge in [-0.1, -0.05) is 12.1 Å². The van der Waals surface area contributed by atoms with Gasteiger partial charge in [-0.25, -0.2) is 23.1 Å². The number of nitrogens with one attached hydrogen (secondary N) is 2. The van der Waals surface area contributed by atoms with Crippen molar-refractivity contribution in [2.24, 2.45) is 7.05 Å². The molecule has 0 aliphatic rings. The van der Waals surface area contributed by atoms with Crippen LogP contribution in [0.3, 0.4) is 0 Å². The number of hydrogen-bond donors (Lipinski definition) is 2. The fourth-order valence-electron chi connectivity index (χ4n) is 1.85. The van der Waals surface area contributed by atoms with E-state index in [0.717, 1.165) is 11.0 Å². The van der Waals surface area contributed by atoms with Gasteiger partial charge in [-0.05, 0) is 12.1 Å². The highest BCUT2D eigenvalue weighted by Crippen LogP contribution is 2.11. The summed E-state index contributed by atoms with van der Waals surface area (Å²) in [5.41, 5.74) is 1.68. The Hall–Kier alpha value is -2.19. The molecule has 0 atom stereocenters. The molecule has 0 aliphatic carbocycles. The molecule has 0 radical (unpaired) electrons. The van der Waals surface area contributed by atoms with Crippen molar-refractivity contribution >= 4 is 21.1 Å². The standard InChI is InChI=1S/C12H13N5O2S/c1-17-7-12(13-8-17)20(18,19)14-6-11-15-9-4-2-3-5-10(9)16-11/h2-5,7-8,14H,6H2,1H3,(H,15,16). The van der Waals surface area contributed by atoms with Crippen LogP contribution in [0.4, 0.5) is 0 Å². The molecule has 0 unspecified atom stereocenters. The van der Waals surface area contributed by atoms with Gasteiger partial charge in [-0.3, -0.25) is 0 Å². The van der Waals surface area contributed by atoms with Crippen LogP contribution in [0.15, 0.2) is 41.8 Å². The Bertz CT molecular complexity index is 816. The zero-order valence-corrected chi connectivity index (χ0v) is 11.6. The normalized spacial score (nSPS) is 12.1. The van der Waals surface area contributed by atoms with Gasteiger partial charge in [0.2, 0.25) is 0 Å². The van der Waals surface area contributed by atoms with Crippen molar-refractivity contribution in [1.82, 2.24) is 24.2 Å². The molecule has 0 fully saturated rings. The predicted octanol–water partition coefficient (Wildman–Crippen LogP) is 0.775. The summed E-state index contributed by atoms with van der Waals surface area (Å²) >= 11 is 0. The summed E-state index contributed by atoms with van der Waals surface area (Å²) in [7, 11) is -1.90. The van der Waals surface area contributed by atoms with E-state index in [2.05, 4.69) is 19.7 Å². The van der Waals surface area contributed by atoms with E-state index < -0.39 is 10.0 Å². The van der Waals surface area contributed by atoms with Crippen molar-refractivity contribution in [1.29, 1.82) is 0 Å². The van der Waals surface area contributed by atoms with Crippen molar-refractivity contribution in [3.8, 4) is 0 Å². The Morgan fingerprint density at radius 2 is 2.15 bits per heavy atom. The number of nitrogens with zero attached hydrogens (tertiary/aromatic N) is 3. The zero-order chi connectivity index (χ0) is 14.2. The number of rotatable bonds is 4. The molecule has 0 saturated carbocycles. The summed E-state index contributed by atoms with van der Waals surface area (Å²) < 4.78 is 28.1. The van der Waals surface area contributed by atoms with Gasteiger partial charge >= 0.3 is 0 Å². The first-order valence-corrected chi connectivity index (χ1v) is 7.44. The molecule has 20 heavy (non-hydrogen) atoms. The molecule has 0 aliphatic heterocycles. The van der Waals surface area contributed by atoms with Crippen molar-refractivity contribution in [2.75, 3.05) is 0 Å². The van der Waals surface area contributed by atoms with Gasteiger partial charge in [0, 0.05) is 13.2 Å². The lowest BCUT2D eigenvalue weighted by atomic mass is 10.3. The molecule has 2 aromatic heterocycles. The molecular formula is C12H13N5O2S. The Morgan fingerprint density at radius 3 is 2.85 bits per heavy atom. The number of fused-ring (bicyclic) bond motifs is 1. The van der Waals surface area contributed by atoms with Crippen LogP contribution >= 0.6 is 0 Å². The first kappa shape index (κ1) is 12.8. The number of sulfonamides is 1. The number of H-pyrrole nitrogens is 1. The van der Waals surface area contributed by atoms with Gasteiger partial charge in [0.25, 0.3) is 10.0 Å². The summed E-state index contributed by atoms with van der Waals surface area (Å²) in [6.07, 6.45) is 2.89. The maximum absolute atomic E-state index is 12.0. The second-order valence-electron chi connectivity index (χ2n) is 4.40. The van der Waals surface area contributed by atoms with Gasteiger partial charge in [0.05, 0.1) is 23.9 Å². The molecule has 3 rings (SSSR count). The van der Waals surface area contributed by atoms with E-state index in [9.17, 15) is 8.42 Å². The lowest BCUT2D eigenvalue weighted by molar-refractivity contribution is 0.576. The summed E-state index contributed by atoms with van der Waals surface area (Å²) in [4.78, 5) is 11.2. The average Bonchev–Trinajstić information content (AvgIpc) is 3.02. The van der Waals surface area contributed by atoms with Crippen LogP contribution in [0.2, 0.25) is 0 Å². The quantitative estimate of drug-likeness (QED) is 0.742. The van der Waals surface area contributed by atoms with Crippen molar-refractivity contribution in [3.05, 3.63) is 42.6 Å². The Balaban J connectivity index is 1.79. The molecule has 8 heteroatoms. The van der Waals surface area contributed by atoms with E-state index in [4.69, 9.17) is 0 Å². The molecule has 2 heterocycles. The number of aryl methyl sites for hydroxylation is 1. The smallest absolute Gasteiger partial charge is 0.259 e. The minimum Gasteiger partial charge on any atom is -0.341 e. The van der Waals surface area contributed by atoms with Crippen molar-refractivity contribution in [2.45, 2.75) is 11.6 Å². The van der Waals surface area contributed by atoms with E-state index in [1.54, 1.807) is 11.6 Å². The molecule has 0 spiro atoms. The maximum Gasteiger partial charge on any atom is 0.259 e. The molecule has 7 nitrogen and oxygen atoms in total. The topological polar surface area (TPSA) is 92.7 Å². The van der Waals surface area contributed by atoms with Crippen LogP contribution in [0, 0.1) is 0 Å². The van der Waals surface area contributed by atoms with Gasteiger partial charge in [0.15, 0.2) is 5.03 Å². The highest BCUT2D eigenvalue weighted by molar-refractivity contribution is 7.89. The van der Waals surface area contributed by atoms with E-state index in [-0.39, 0.29) is 11.6 Å². The minimum absolute atomic E-state index is 0.00360. The number of aromatic nitrogens is 4. The third-order valence-corrected chi connectivity index (χ3v) is 4.11. The monoisotopic (exact) mass is 291 g/mol. The fraction of sp³-hybridized carbons (Fsp3) is 0.167. The van der Waals surface area contributed by atoms with Crippen LogP contribution in [-0.4, -0.2) is 27.9 Å². The minimum atomic E-state index is -3.62. The summed E-state index contributed by atoms with van der Waals surface area (Å²) in [6.45, 7) is 0.0909. The highest BCUT2D eigenvalue weighted by atomic mass is 32.2. The zero-order valence-electron chi connectivity index (χ0n) is 10.7. The van der Waals surface area contributed by atoms with Crippen LogP contribution in [-0.2, 0) is 23.6 Å². The van der Waals surface area contributed by atoms with Gasteiger partial charge in [-0.2, -0.15) is 0 Å². The number of benzene rings is 1. The fourth-order valence-corrected chi connectivity index (χ4v) is 2.82. The Morgan fingerprint density at radius 1 is 1.35 bits per heavy atom. The lowest BCUT2D eigenvalue weighted by Crippen LogP contribution is -2.24. The molecule has 0 amide bonds. The molecule has 3 aromatic rings. The molecular weight excluding hydrogens is 278 g/mol. The van der Waals surface area contributed by atoms with Crippen LogP contribution in [0.5, 0.6) is 0 Å². The third-order valence-electron chi connectivity index (χ3n) is 2.82. The largest absolute Gasteiger partial charge is 0.341 e. The maximum atomic E-state index is 12.0. The molecule has 1 aromatic carbocycles. The van der Waals surface area contributed by atoms with E-state index in [1.165, 1.54) is 12.5 Å². The summed E-state index contributed by atoms with van der Waals surface area (Å²) in [5, 5.41) is -0.00360. The van der Waals surface area contributed by atoms with E-state index in [1.807, 2.05) is 24.3 Å². The second-order valence-corrected chi connectivity index (χ2v) is 6.12. The SMILES string of the molecule is Cn1cnc(S(=O)(=O)NCc2nc3ccccc3[nH]2)c1. The Labute approximate surface area is 115 Å². The van der Waals surface area contributed by atoms with Crippen molar-refractivity contribution < 1.29 is 8.42 Å². The van der Waals surface area contributed by atoms with Crippen LogP contribution in [0.1, 0.15) is 5.82 Å². The number of aromatic amines is 1. The highest BCUT2D eigenvalue weighted by Gasteiger charge is 2.17. The molecule has 0 saturated heterocycles. The second kappa shape index (κ2) is 4.73. The van der Waals surface area contributed by atoms with Gasteiger partial charge in [-0.15, -0.1) is 0 Å². The first-order valence-electron chi connectivity index (χ1n) is 5.96. The number of para-hydroxylation sites is 2. The van der Waals surface area contributed by atoms with E-state index >= 15 is 0 Å². The molecule has 2 N–H and O–H groups in total. The third kappa shape index (κ3) is 2.43. The molecule has 104 valence electrons. The van der Waals surface area contributed by atoms with Gasteiger partial charge < -0.3 is 9.55 Å². The molecule has 0 bridgehead atoms. The number of imidazole rings is 2. The van der Waals surface area contributed by atoms with Crippen molar-refractivity contribution in [3.63, 3.8) is 0 Å². The number of hydrogen-bond acceptors (Lipinski definition) is 4.